The fourth-order valence-corrected chi connectivity index (χ4v) is 2.80. The molecule has 0 aromatic carbocycles. The molecule has 0 saturated heterocycles. The molecule has 0 saturated carbocycles. The number of alkyl halides is 3. The zero-order chi connectivity index (χ0) is 15.5. The number of unbranched alkanes of at least 4 members (excludes halogenated alkanes) is 1. The summed E-state index contributed by atoms with van der Waals surface area (Å²) < 4.78 is 38.2. The zero-order valence-electron chi connectivity index (χ0n) is 11.9. The van der Waals surface area contributed by atoms with E-state index in [4.69, 9.17) is 12.2 Å². The fraction of sp³-hybridized carbons (Fsp3) is 0.692. The first-order valence-electron chi connectivity index (χ1n) is 7.01. The van der Waals surface area contributed by atoms with Crippen LogP contribution < -0.4 is 5.32 Å². The van der Waals surface area contributed by atoms with Gasteiger partial charge in [0.15, 0.2) is 5.11 Å². The Hall–Kier alpha value is -1.31. The van der Waals surface area contributed by atoms with Crippen molar-refractivity contribution >= 4 is 17.3 Å². The van der Waals surface area contributed by atoms with Crippen LogP contribution in [0.25, 0.3) is 0 Å². The summed E-state index contributed by atoms with van der Waals surface area (Å²) in [6.07, 6.45) is -0.521. The quantitative estimate of drug-likeness (QED) is 0.683. The van der Waals surface area contributed by atoms with Crippen molar-refractivity contribution in [1.82, 2.24) is 19.8 Å². The van der Waals surface area contributed by atoms with E-state index in [1.54, 1.807) is 6.20 Å². The lowest BCUT2D eigenvalue weighted by Crippen LogP contribution is -2.46. The fourth-order valence-electron chi connectivity index (χ4n) is 2.45. The lowest BCUT2D eigenvalue weighted by molar-refractivity contribution is -0.135. The number of aromatic nitrogens is 2. The number of halogens is 3. The van der Waals surface area contributed by atoms with Gasteiger partial charge in [0.2, 0.25) is 0 Å². The van der Waals surface area contributed by atoms with Gasteiger partial charge in [-0.25, -0.2) is 4.98 Å². The van der Waals surface area contributed by atoms with E-state index in [1.807, 2.05) is 18.0 Å². The van der Waals surface area contributed by atoms with E-state index in [-0.39, 0.29) is 12.5 Å². The van der Waals surface area contributed by atoms with Gasteiger partial charge in [0.05, 0.1) is 6.04 Å². The second-order valence-corrected chi connectivity index (χ2v) is 5.54. The van der Waals surface area contributed by atoms with Gasteiger partial charge in [-0.2, -0.15) is 13.2 Å². The molecule has 0 aliphatic carbocycles. The van der Waals surface area contributed by atoms with Crippen LogP contribution in [-0.4, -0.2) is 38.8 Å². The summed E-state index contributed by atoms with van der Waals surface area (Å²) in [5.74, 6) is 0.961. The molecular formula is C13H19F3N4S. The summed E-state index contributed by atoms with van der Waals surface area (Å²) in [6, 6.07) is 0.0731. The van der Waals surface area contributed by atoms with Crippen LogP contribution in [0.1, 0.15) is 38.1 Å². The second-order valence-electron chi connectivity index (χ2n) is 5.15. The van der Waals surface area contributed by atoms with Crippen LogP contribution in [-0.2, 0) is 6.54 Å². The number of nitrogens with zero attached hydrogens (tertiary/aromatic N) is 3. The predicted molar refractivity (Wildman–Crippen MR) is 77.9 cm³/mol. The molecule has 1 aliphatic rings. The topological polar surface area (TPSA) is 33.1 Å². The van der Waals surface area contributed by atoms with Gasteiger partial charge in [-0.15, -0.1) is 0 Å². The van der Waals surface area contributed by atoms with Gasteiger partial charge in [-0.05, 0) is 32.0 Å². The highest BCUT2D eigenvalue weighted by molar-refractivity contribution is 7.80. The minimum Gasteiger partial charge on any atom is -0.363 e. The molecule has 1 aromatic rings. The summed E-state index contributed by atoms with van der Waals surface area (Å²) in [5.41, 5.74) is 0. The van der Waals surface area contributed by atoms with Crippen molar-refractivity contribution in [1.29, 1.82) is 0 Å². The van der Waals surface area contributed by atoms with Crippen LogP contribution in [0.4, 0.5) is 13.2 Å². The van der Waals surface area contributed by atoms with E-state index in [0.29, 0.717) is 18.1 Å². The number of fused-ring (bicyclic) bond motifs is 1. The Balaban J connectivity index is 1.75. The molecule has 4 nitrogen and oxygen atoms in total. The molecule has 118 valence electrons. The summed E-state index contributed by atoms with van der Waals surface area (Å²) >= 11 is 5.33. The third-order valence-corrected chi connectivity index (χ3v) is 3.97. The van der Waals surface area contributed by atoms with Gasteiger partial charge in [0.25, 0.3) is 0 Å². The van der Waals surface area contributed by atoms with E-state index in [9.17, 15) is 13.2 Å². The normalized spacial score (nSPS) is 18.5. The van der Waals surface area contributed by atoms with E-state index in [0.717, 1.165) is 18.9 Å². The van der Waals surface area contributed by atoms with E-state index in [1.165, 1.54) is 0 Å². The number of imidazole rings is 1. The largest absolute Gasteiger partial charge is 0.389 e. The molecule has 1 aromatic heterocycles. The Morgan fingerprint density at radius 3 is 2.90 bits per heavy atom. The molecular weight excluding hydrogens is 301 g/mol. The van der Waals surface area contributed by atoms with E-state index >= 15 is 0 Å². The Morgan fingerprint density at radius 1 is 1.43 bits per heavy atom. The van der Waals surface area contributed by atoms with Crippen molar-refractivity contribution in [3.8, 4) is 0 Å². The van der Waals surface area contributed by atoms with Crippen molar-refractivity contribution in [3.05, 3.63) is 18.2 Å². The monoisotopic (exact) mass is 320 g/mol. The SMILES string of the molecule is CC1c2nccn2CCN1C(=S)NCCCCC(F)(F)F. The molecule has 0 fully saturated rings. The van der Waals surface area contributed by atoms with Gasteiger partial charge >= 0.3 is 6.18 Å². The maximum Gasteiger partial charge on any atom is 0.389 e. The molecule has 2 rings (SSSR count). The molecule has 0 radical (unpaired) electrons. The lowest BCUT2D eigenvalue weighted by atomic mass is 10.2. The van der Waals surface area contributed by atoms with E-state index in [2.05, 4.69) is 14.9 Å². The Bertz CT molecular complexity index is 486. The van der Waals surface area contributed by atoms with Crippen LogP contribution in [0.2, 0.25) is 0 Å². The van der Waals surface area contributed by atoms with Crippen LogP contribution >= 0.6 is 12.2 Å². The summed E-state index contributed by atoms with van der Waals surface area (Å²) in [7, 11) is 0. The third-order valence-electron chi connectivity index (χ3n) is 3.59. The van der Waals surface area contributed by atoms with Crippen LogP contribution in [0.3, 0.4) is 0 Å². The number of thiocarbonyl (C=S) groups is 1. The average molecular weight is 320 g/mol. The van der Waals surface area contributed by atoms with E-state index < -0.39 is 12.6 Å². The van der Waals surface area contributed by atoms with Gasteiger partial charge in [-0.3, -0.25) is 0 Å². The zero-order valence-corrected chi connectivity index (χ0v) is 12.7. The molecule has 1 N–H and O–H groups in total. The van der Waals surface area contributed by atoms with Crippen LogP contribution in [0.5, 0.6) is 0 Å². The van der Waals surface area contributed by atoms with Gasteiger partial charge in [0.1, 0.15) is 5.82 Å². The molecule has 2 heterocycles. The Kier molecular flexibility index (Phi) is 5.08. The molecule has 0 bridgehead atoms. The summed E-state index contributed by atoms with van der Waals surface area (Å²) in [4.78, 5) is 6.35. The second kappa shape index (κ2) is 6.64. The van der Waals surface area contributed by atoms with Gasteiger partial charge < -0.3 is 14.8 Å². The maximum absolute atomic E-state index is 12.0. The Labute approximate surface area is 127 Å². The molecule has 1 unspecified atom stereocenters. The average Bonchev–Trinajstić information content (AvgIpc) is 2.86. The highest BCUT2D eigenvalue weighted by atomic mass is 32.1. The van der Waals surface area contributed by atoms with Crippen LogP contribution in [0, 0.1) is 0 Å². The summed E-state index contributed by atoms with van der Waals surface area (Å²) in [5, 5.41) is 3.63. The predicted octanol–water partition coefficient (Wildman–Crippen LogP) is 2.87. The molecule has 0 spiro atoms. The molecule has 1 aliphatic heterocycles. The first kappa shape index (κ1) is 16.1. The Morgan fingerprint density at radius 2 is 2.19 bits per heavy atom. The van der Waals surface area contributed by atoms with Crippen molar-refractivity contribution in [2.45, 2.75) is 44.9 Å². The van der Waals surface area contributed by atoms with Crippen molar-refractivity contribution in [2.24, 2.45) is 0 Å². The molecule has 8 heteroatoms. The molecule has 21 heavy (non-hydrogen) atoms. The minimum atomic E-state index is -4.07. The number of nitrogens with one attached hydrogen (secondary N) is 1. The molecule has 1 atom stereocenters. The first-order chi connectivity index (χ1) is 9.88. The number of rotatable bonds is 4. The maximum atomic E-state index is 12.0. The highest BCUT2D eigenvalue weighted by Crippen LogP contribution is 2.23. The number of hydrogen-bond acceptors (Lipinski definition) is 2. The van der Waals surface area contributed by atoms with Crippen LogP contribution in [0.15, 0.2) is 12.4 Å². The van der Waals surface area contributed by atoms with Crippen molar-refractivity contribution < 1.29 is 13.2 Å². The van der Waals surface area contributed by atoms with Crippen molar-refractivity contribution in [3.63, 3.8) is 0 Å². The van der Waals surface area contributed by atoms with Gasteiger partial charge in [0, 0.05) is 38.4 Å². The number of hydrogen-bond donors (Lipinski definition) is 1. The third kappa shape index (κ3) is 4.33. The lowest BCUT2D eigenvalue weighted by Gasteiger charge is -2.35. The smallest absolute Gasteiger partial charge is 0.363 e. The standard InChI is InChI=1S/C13H19F3N4S/c1-10-11-17-6-7-19(11)8-9-20(10)12(21)18-5-3-2-4-13(14,15)16/h6-7,10H,2-5,8-9H2,1H3,(H,18,21). The van der Waals surface area contributed by atoms with Gasteiger partial charge in [-0.1, -0.05) is 0 Å². The highest BCUT2D eigenvalue weighted by Gasteiger charge is 2.27. The minimum absolute atomic E-state index is 0.0731. The van der Waals surface area contributed by atoms with Crippen molar-refractivity contribution in [2.75, 3.05) is 13.1 Å². The first-order valence-corrected chi connectivity index (χ1v) is 7.41. The summed E-state index contributed by atoms with van der Waals surface area (Å²) in [6.45, 7) is 4.08. The molecule has 0 amide bonds.